The minimum atomic E-state index is -0.201. The Bertz CT molecular complexity index is 851. The van der Waals surface area contributed by atoms with Crippen molar-refractivity contribution < 1.29 is 14.0 Å². The van der Waals surface area contributed by atoms with Gasteiger partial charge in [0.1, 0.15) is 5.82 Å². The molecular weight excluding hydrogens is 461 g/mol. The highest BCUT2D eigenvalue weighted by Crippen LogP contribution is 2.65. The molecule has 2 amide bonds. The molecule has 1 aromatic rings. The largest absolute Gasteiger partial charge is 0.347 e. The lowest BCUT2D eigenvalue weighted by molar-refractivity contribution is -0.135. The molecule has 2 atom stereocenters. The van der Waals surface area contributed by atoms with Crippen molar-refractivity contribution in [1.29, 1.82) is 0 Å². The summed E-state index contributed by atoms with van der Waals surface area (Å²) in [6.07, 6.45) is 7.00. The van der Waals surface area contributed by atoms with Gasteiger partial charge in [-0.15, -0.1) is 0 Å². The topological polar surface area (TPSA) is 52.7 Å². The molecule has 1 aromatic carbocycles. The number of carbonyl (C=O) groups is 2. The van der Waals surface area contributed by atoms with Gasteiger partial charge in [0, 0.05) is 49.2 Å². The van der Waals surface area contributed by atoms with Crippen LogP contribution in [-0.4, -0.2) is 54.3 Å². The van der Waals surface area contributed by atoms with Crippen LogP contribution in [0.15, 0.2) is 22.7 Å². The monoisotopic (exact) mass is 491 g/mol. The molecule has 168 valence electrons. The summed E-state index contributed by atoms with van der Waals surface area (Å²) in [5, 5.41) is 2.90. The third-order valence-corrected chi connectivity index (χ3v) is 8.64. The van der Waals surface area contributed by atoms with E-state index in [4.69, 9.17) is 0 Å². The molecule has 0 aromatic heterocycles. The summed E-state index contributed by atoms with van der Waals surface area (Å²) in [5.74, 6) is 2.38. The van der Waals surface area contributed by atoms with Crippen LogP contribution in [-0.2, 0) is 16.1 Å². The van der Waals surface area contributed by atoms with Gasteiger partial charge in [-0.1, -0.05) is 15.9 Å². The zero-order chi connectivity index (χ0) is 21.6. The van der Waals surface area contributed by atoms with Gasteiger partial charge in [-0.3, -0.25) is 14.5 Å². The highest BCUT2D eigenvalue weighted by atomic mass is 79.9. The molecule has 1 N–H and O–H groups in total. The number of carbonyl (C=O) groups excluding carboxylic acids is 2. The summed E-state index contributed by atoms with van der Waals surface area (Å²) in [4.78, 5) is 29.2. The predicted molar refractivity (Wildman–Crippen MR) is 120 cm³/mol. The van der Waals surface area contributed by atoms with Crippen LogP contribution in [0.3, 0.4) is 0 Å². The Morgan fingerprint density at radius 2 is 1.81 bits per heavy atom. The molecule has 5 fully saturated rings. The van der Waals surface area contributed by atoms with Gasteiger partial charge in [0.05, 0.1) is 6.54 Å². The molecule has 7 heteroatoms. The fourth-order valence-electron chi connectivity index (χ4n) is 6.95. The summed E-state index contributed by atoms with van der Waals surface area (Å²) in [6.45, 7) is 3.26. The molecule has 1 heterocycles. The molecule has 4 bridgehead atoms. The molecule has 5 aliphatic rings. The summed E-state index contributed by atoms with van der Waals surface area (Å²) >= 11 is 3.39. The number of halogens is 2. The van der Waals surface area contributed by atoms with Crippen molar-refractivity contribution >= 4 is 27.7 Å². The highest BCUT2D eigenvalue weighted by Gasteiger charge is 2.56. The van der Waals surface area contributed by atoms with E-state index in [0.29, 0.717) is 44.7 Å². The van der Waals surface area contributed by atoms with Crippen LogP contribution in [0, 0.1) is 29.0 Å². The molecule has 6 rings (SSSR count). The van der Waals surface area contributed by atoms with Gasteiger partial charge in [-0.05, 0) is 73.5 Å². The fraction of sp³-hybridized carbons (Fsp3) is 0.667. The molecule has 0 spiro atoms. The smallest absolute Gasteiger partial charge is 0.242 e. The van der Waals surface area contributed by atoms with Crippen molar-refractivity contribution in [3.05, 3.63) is 34.1 Å². The van der Waals surface area contributed by atoms with Gasteiger partial charge >= 0.3 is 0 Å². The van der Waals surface area contributed by atoms with E-state index in [0.717, 1.165) is 22.2 Å². The standard InChI is InChI=1S/C24H31BrFN3O2/c25-20-1-2-21(26)19(9-20)15-28-3-5-29(6-4-28)23(31)14-27-22(30)13-24-10-16-7-17(11-24)18(8-16)12-24/h1-2,9,16-18H,3-8,10-15H2,(H,27,30). The lowest BCUT2D eigenvalue weighted by atomic mass is 9.67. The highest BCUT2D eigenvalue weighted by molar-refractivity contribution is 9.10. The van der Waals surface area contributed by atoms with Gasteiger partial charge in [0.25, 0.3) is 0 Å². The van der Waals surface area contributed by atoms with Crippen LogP contribution in [0.5, 0.6) is 0 Å². The van der Waals surface area contributed by atoms with Crippen molar-refractivity contribution in [1.82, 2.24) is 15.1 Å². The van der Waals surface area contributed by atoms with Crippen LogP contribution in [0.4, 0.5) is 4.39 Å². The zero-order valence-electron chi connectivity index (χ0n) is 17.9. The minimum Gasteiger partial charge on any atom is -0.347 e. The summed E-state index contributed by atoms with van der Waals surface area (Å²) in [6, 6.07) is 4.99. The number of nitrogens with one attached hydrogen (secondary N) is 1. The number of amides is 2. The Balaban J connectivity index is 1.05. The predicted octanol–water partition coefficient (Wildman–Crippen LogP) is 3.57. The van der Waals surface area contributed by atoms with E-state index in [1.165, 1.54) is 38.2 Å². The Kier molecular flexibility index (Phi) is 5.84. The van der Waals surface area contributed by atoms with E-state index >= 15 is 0 Å². The third-order valence-electron chi connectivity index (χ3n) is 8.15. The van der Waals surface area contributed by atoms with Gasteiger partial charge in [-0.2, -0.15) is 0 Å². The second-order valence-electron chi connectivity index (χ2n) is 10.3. The lowest BCUT2D eigenvalue weighted by Crippen LogP contribution is -2.51. The average Bonchev–Trinajstić information content (AvgIpc) is 3.15. The Labute approximate surface area is 191 Å². The first-order valence-electron chi connectivity index (χ1n) is 11.6. The zero-order valence-corrected chi connectivity index (χ0v) is 19.5. The minimum absolute atomic E-state index is 0.0186. The quantitative estimate of drug-likeness (QED) is 0.661. The van der Waals surface area contributed by atoms with Crippen molar-refractivity contribution in [2.45, 2.75) is 45.1 Å². The van der Waals surface area contributed by atoms with Crippen molar-refractivity contribution in [2.75, 3.05) is 32.7 Å². The molecular formula is C24H31BrFN3O2. The SMILES string of the molecule is O=C(CC12CC3CC(C1)C(C3)C2)NCC(=O)N1CCN(Cc2cc(Br)ccc2F)CC1. The van der Waals surface area contributed by atoms with Crippen LogP contribution >= 0.6 is 15.9 Å². The first-order chi connectivity index (χ1) is 14.9. The van der Waals surface area contributed by atoms with E-state index in [9.17, 15) is 14.0 Å². The molecule has 5 nitrogen and oxygen atoms in total. The second kappa shape index (κ2) is 8.47. The first-order valence-corrected chi connectivity index (χ1v) is 12.4. The molecule has 31 heavy (non-hydrogen) atoms. The summed E-state index contributed by atoms with van der Waals surface area (Å²) in [7, 11) is 0. The van der Waals surface area contributed by atoms with Crippen molar-refractivity contribution in [3.63, 3.8) is 0 Å². The van der Waals surface area contributed by atoms with E-state index in [2.05, 4.69) is 26.1 Å². The maximum absolute atomic E-state index is 14.0. The maximum Gasteiger partial charge on any atom is 0.242 e. The number of benzene rings is 1. The Morgan fingerprint density at radius 1 is 1.10 bits per heavy atom. The third kappa shape index (κ3) is 4.54. The van der Waals surface area contributed by atoms with Crippen LogP contribution in [0.1, 0.15) is 44.1 Å². The van der Waals surface area contributed by atoms with Crippen LogP contribution < -0.4 is 5.32 Å². The lowest BCUT2D eigenvalue weighted by Gasteiger charge is -2.38. The molecule has 1 aliphatic heterocycles. The van der Waals surface area contributed by atoms with E-state index < -0.39 is 0 Å². The maximum atomic E-state index is 14.0. The van der Waals surface area contributed by atoms with Gasteiger partial charge < -0.3 is 10.2 Å². The fourth-order valence-corrected chi connectivity index (χ4v) is 7.35. The number of piperazine rings is 1. The number of nitrogens with zero attached hydrogens (tertiary/aromatic N) is 2. The molecule has 2 unspecified atom stereocenters. The molecule has 4 saturated carbocycles. The number of hydrogen-bond donors (Lipinski definition) is 1. The van der Waals surface area contributed by atoms with Gasteiger partial charge in [-0.25, -0.2) is 4.39 Å². The van der Waals surface area contributed by atoms with E-state index in [1.54, 1.807) is 6.07 Å². The Morgan fingerprint density at radius 3 is 2.48 bits per heavy atom. The van der Waals surface area contributed by atoms with Crippen LogP contribution in [0.2, 0.25) is 0 Å². The normalized spacial score (nSPS) is 31.9. The molecule has 4 aliphatic carbocycles. The van der Waals surface area contributed by atoms with E-state index in [-0.39, 0.29) is 29.6 Å². The Hall–Kier alpha value is -1.47. The average molecular weight is 492 g/mol. The summed E-state index contributed by atoms with van der Waals surface area (Å²) in [5.41, 5.74) is 0.882. The number of rotatable bonds is 6. The van der Waals surface area contributed by atoms with Crippen LogP contribution in [0.25, 0.3) is 0 Å². The second-order valence-corrected chi connectivity index (χ2v) is 11.2. The van der Waals surface area contributed by atoms with Crippen molar-refractivity contribution in [3.8, 4) is 0 Å². The van der Waals surface area contributed by atoms with Crippen molar-refractivity contribution in [2.24, 2.45) is 23.2 Å². The van der Waals surface area contributed by atoms with E-state index in [1.807, 2.05) is 11.0 Å². The van der Waals surface area contributed by atoms with Gasteiger partial charge in [0.15, 0.2) is 0 Å². The summed E-state index contributed by atoms with van der Waals surface area (Å²) < 4.78 is 14.9. The molecule has 1 saturated heterocycles. The first kappa shape index (κ1) is 21.4. The molecule has 0 radical (unpaired) electrons. The van der Waals surface area contributed by atoms with Gasteiger partial charge in [0.2, 0.25) is 11.8 Å². The number of hydrogen-bond acceptors (Lipinski definition) is 3.